The molecule has 15 heavy (non-hydrogen) atoms. The van der Waals surface area contributed by atoms with E-state index in [1.165, 1.54) is 19.3 Å². The summed E-state index contributed by atoms with van der Waals surface area (Å²) in [6, 6.07) is 0. The van der Waals surface area contributed by atoms with Crippen molar-refractivity contribution in [1.82, 2.24) is 10.1 Å². The number of hydrogen-bond acceptors (Lipinski definition) is 4. The van der Waals surface area contributed by atoms with Gasteiger partial charge in [-0.1, -0.05) is 18.5 Å². The fraction of sp³-hybridized carbons (Fsp3) is 0.818. The Labute approximate surface area is 90.2 Å². The normalized spacial score (nSPS) is 18.8. The van der Waals surface area contributed by atoms with Crippen LogP contribution in [0.3, 0.4) is 0 Å². The van der Waals surface area contributed by atoms with E-state index in [9.17, 15) is 0 Å². The minimum absolute atomic E-state index is 0.342. The Morgan fingerprint density at radius 1 is 1.53 bits per heavy atom. The molecule has 0 saturated heterocycles. The Morgan fingerprint density at radius 3 is 2.93 bits per heavy atom. The molecule has 0 radical (unpaired) electrons. The van der Waals surface area contributed by atoms with Gasteiger partial charge in [-0.2, -0.15) is 4.98 Å². The molecule has 1 fully saturated rings. The van der Waals surface area contributed by atoms with E-state index in [4.69, 9.17) is 10.3 Å². The lowest BCUT2D eigenvalue weighted by Crippen LogP contribution is -2.10. The van der Waals surface area contributed by atoms with Crippen LogP contribution in [0.5, 0.6) is 0 Å². The molecule has 84 valence electrons. The SMILES string of the molecule is CC(CCCN)c1nc(C2CCC2)no1. The lowest BCUT2D eigenvalue weighted by molar-refractivity contribution is 0.333. The molecule has 2 rings (SSSR count). The molecule has 1 saturated carbocycles. The van der Waals surface area contributed by atoms with Crippen LogP contribution in [0.1, 0.15) is 62.6 Å². The minimum atomic E-state index is 0.342. The Morgan fingerprint density at radius 2 is 2.33 bits per heavy atom. The summed E-state index contributed by atoms with van der Waals surface area (Å²) in [5.74, 6) is 2.60. The van der Waals surface area contributed by atoms with Gasteiger partial charge in [0, 0.05) is 11.8 Å². The quantitative estimate of drug-likeness (QED) is 0.807. The molecular weight excluding hydrogens is 190 g/mol. The molecule has 1 aromatic rings. The standard InChI is InChI=1S/C11H19N3O/c1-8(4-3-7-12)11-13-10(14-15-11)9-5-2-6-9/h8-9H,2-7,12H2,1H3. The highest BCUT2D eigenvalue weighted by Crippen LogP contribution is 2.35. The van der Waals surface area contributed by atoms with Crippen molar-refractivity contribution in [1.29, 1.82) is 0 Å². The Hall–Kier alpha value is -0.900. The van der Waals surface area contributed by atoms with Crippen LogP contribution < -0.4 is 5.73 Å². The molecule has 4 heteroatoms. The topological polar surface area (TPSA) is 64.9 Å². The van der Waals surface area contributed by atoms with Gasteiger partial charge < -0.3 is 10.3 Å². The molecule has 0 aliphatic heterocycles. The van der Waals surface area contributed by atoms with E-state index < -0.39 is 0 Å². The zero-order valence-corrected chi connectivity index (χ0v) is 9.28. The van der Waals surface area contributed by atoms with E-state index in [1.54, 1.807) is 0 Å². The molecule has 1 unspecified atom stereocenters. The number of nitrogens with zero attached hydrogens (tertiary/aromatic N) is 2. The third kappa shape index (κ3) is 2.37. The Bertz CT molecular complexity index is 307. The van der Waals surface area contributed by atoms with Crippen molar-refractivity contribution in [2.45, 2.75) is 50.9 Å². The van der Waals surface area contributed by atoms with Gasteiger partial charge in [0.1, 0.15) is 0 Å². The molecule has 2 N–H and O–H groups in total. The molecule has 0 bridgehead atoms. The van der Waals surface area contributed by atoms with E-state index in [1.807, 2.05) is 0 Å². The second-order valence-electron chi connectivity index (χ2n) is 4.45. The molecule has 4 nitrogen and oxygen atoms in total. The van der Waals surface area contributed by atoms with Gasteiger partial charge in [0.05, 0.1) is 0 Å². The highest BCUT2D eigenvalue weighted by atomic mass is 16.5. The maximum Gasteiger partial charge on any atom is 0.229 e. The first-order chi connectivity index (χ1) is 7.31. The fourth-order valence-corrected chi connectivity index (χ4v) is 1.83. The summed E-state index contributed by atoms with van der Waals surface area (Å²) in [5.41, 5.74) is 5.47. The van der Waals surface area contributed by atoms with Crippen LogP contribution in [0.15, 0.2) is 4.52 Å². The van der Waals surface area contributed by atoms with E-state index in [2.05, 4.69) is 17.1 Å². The summed E-state index contributed by atoms with van der Waals surface area (Å²) in [4.78, 5) is 4.47. The third-order valence-electron chi connectivity index (χ3n) is 3.19. The van der Waals surface area contributed by atoms with Gasteiger partial charge in [0.25, 0.3) is 0 Å². The highest BCUT2D eigenvalue weighted by molar-refractivity contribution is 5.01. The second kappa shape index (κ2) is 4.75. The number of hydrogen-bond donors (Lipinski definition) is 1. The monoisotopic (exact) mass is 209 g/mol. The Balaban J connectivity index is 1.93. The third-order valence-corrected chi connectivity index (χ3v) is 3.19. The largest absolute Gasteiger partial charge is 0.339 e. The van der Waals surface area contributed by atoms with Crippen molar-refractivity contribution in [2.75, 3.05) is 6.54 Å². The van der Waals surface area contributed by atoms with Crippen molar-refractivity contribution < 1.29 is 4.52 Å². The maximum atomic E-state index is 5.47. The Kier molecular flexibility index (Phi) is 3.36. The molecule has 1 atom stereocenters. The lowest BCUT2D eigenvalue weighted by atomic mass is 9.85. The number of nitrogens with two attached hydrogens (primary N) is 1. The van der Waals surface area contributed by atoms with E-state index >= 15 is 0 Å². The van der Waals surface area contributed by atoms with Crippen molar-refractivity contribution in [3.8, 4) is 0 Å². The zero-order chi connectivity index (χ0) is 10.7. The molecular formula is C11H19N3O. The van der Waals surface area contributed by atoms with Crippen LogP contribution in [0.4, 0.5) is 0 Å². The summed E-state index contributed by atoms with van der Waals surface area (Å²) < 4.78 is 5.28. The van der Waals surface area contributed by atoms with Crippen LogP contribution in [0.25, 0.3) is 0 Å². The average molecular weight is 209 g/mol. The fourth-order valence-electron chi connectivity index (χ4n) is 1.83. The summed E-state index contributed by atoms with van der Waals surface area (Å²) in [6.45, 7) is 2.85. The van der Waals surface area contributed by atoms with Crippen LogP contribution in [0.2, 0.25) is 0 Å². The summed E-state index contributed by atoms with van der Waals surface area (Å²) in [5, 5.41) is 4.05. The molecule has 1 aliphatic carbocycles. The minimum Gasteiger partial charge on any atom is -0.339 e. The van der Waals surface area contributed by atoms with Crippen LogP contribution in [-0.4, -0.2) is 16.7 Å². The maximum absolute atomic E-state index is 5.47. The van der Waals surface area contributed by atoms with Gasteiger partial charge in [-0.25, -0.2) is 0 Å². The van der Waals surface area contributed by atoms with Gasteiger partial charge in [-0.3, -0.25) is 0 Å². The number of aromatic nitrogens is 2. The molecule has 0 amide bonds. The van der Waals surface area contributed by atoms with Crippen LogP contribution >= 0.6 is 0 Å². The predicted octanol–water partition coefficient (Wildman–Crippen LogP) is 2.18. The summed E-state index contributed by atoms with van der Waals surface area (Å²) in [6.07, 6.45) is 5.79. The summed E-state index contributed by atoms with van der Waals surface area (Å²) in [7, 11) is 0. The van der Waals surface area contributed by atoms with E-state index in [0.29, 0.717) is 11.8 Å². The van der Waals surface area contributed by atoms with Crippen LogP contribution in [-0.2, 0) is 0 Å². The van der Waals surface area contributed by atoms with E-state index in [0.717, 1.165) is 31.1 Å². The first-order valence-corrected chi connectivity index (χ1v) is 5.85. The van der Waals surface area contributed by atoms with Crippen molar-refractivity contribution >= 4 is 0 Å². The van der Waals surface area contributed by atoms with Gasteiger partial charge in [0.15, 0.2) is 5.82 Å². The van der Waals surface area contributed by atoms with Crippen molar-refractivity contribution in [3.63, 3.8) is 0 Å². The molecule has 0 spiro atoms. The van der Waals surface area contributed by atoms with Crippen LogP contribution in [0, 0.1) is 0 Å². The molecule has 1 heterocycles. The van der Waals surface area contributed by atoms with Gasteiger partial charge in [-0.05, 0) is 32.2 Å². The second-order valence-corrected chi connectivity index (χ2v) is 4.45. The zero-order valence-electron chi connectivity index (χ0n) is 9.28. The van der Waals surface area contributed by atoms with E-state index in [-0.39, 0.29) is 0 Å². The van der Waals surface area contributed by atoms with Crippen molar-refractivity contribution in [2.24, 2.45) is 5.73 Å². The van der Waals surface area contributed by atoms with Gasteiger partial charge >= 0.3 is 0 Å². The highest BCUT2D eigenvalue weighted by Gasteiger charge is 2.25. The number of rotatable bonds is 5. The predicted molar refractivity (Wildman–Crippen MR) is 57.6 cm³/mol. The first-order valence-electron chi connectivity index (χ1n) is 5.85. The summed E-state index contributed by atoms with van der Waals surface area (Å²) >= 11 is 0. The lowest BCUT2D eigenvalue weighted by Gasteiger charge is -2.21. The molecule has 0 aromatic carbocycles. The van der Waals surface area contributed by atoms with Crippen molar-refractivity contribution in [3.05, 3.63) is 11.7 Å². The smallest absolute Gasteiger partial charge is 0.229 e. The first kappa shape index (κ1) is 10.6. The van der Waals surface area contributed by atoms with Gasteiger partial charge in [0.2, 0.25) is 5.89 Å². The average Bonchev–Trinajstić information content (AvgIpc) is 2.60. The molecule has 1 aromatic heterocycles. The molecule has 1 aliphatic rings. The van der Waals surface area contributed by atoms with Gasteiger partial charge in [-0.15, -0.1) is 0 Å².